The second-order valence-electron chi connectivity index (χ2n) is 13.5. The summed E-state index contributed by atoms with van der Waals surface area (Å²) in [6.45, 7) is 14.5. The maximum Gasteiger partial charge on any atom is 0.307 e. The summed E-state index contributed by atoms with van der Waals surface area (Å²) in [7, 11) is 0. The minimum absolute atomic E-state index is 0. The molecule has 13 heteroatoms. The number of aliphatic hydroxyl groups excluding tert-OH is 4. The molecule has 2 aromatic carbocycles. The fourth-order valence-corrected chi connectivity index (χ4v) is 5.31. The first kappa shape index (κ1) is 53.7. The van der Waals surface area contributed by atoms with E-state index in [1.807, 2.05) is 74.5 Å². The van der Waals surface area contributed by atoms with Gasteiger partial charge in [0.05, 0.1) is 30.1 Å². The van der Waals surface area contributed by atoms with E-state index in [4.69, 9.17) is 21.1 Å². The molecule has 0 spiro atoms. The van der Waals surface area contributed by atoms with E-state index in [0.717, 1.165) is 17.5 Å². The van der Waals surface area contributed by atoms with Gasteiger partial charge in [0.2, 0.25) is 17.7 Å². The summed E-state index contributed by atoms with van der Waals surface area (Å²) in [6, 6.07) is 17.8. The number of carboxylic acids is 1. The third-order valence-electron chi connectivity index (χ3n) is 8.73. The van der Waals surface area contributed by atoms with E-state index in [2.05, 4.69) is 29.1 Å². The number of hydrogen-bond donors (Lipinski definition) is 9. The van der Waals surface area contributed by atoms with Gasteiger partial charge >= 0.3 is 5.97 Å². The molecule has 316 valence electrons. The van der Waals surface area contributed by atoms with Crippen LogP contribution in [0.1, 0.15) is 110 Å². The van der Waals surface area contributed by atoms with Crippen molar-refractivity contribution in [1.29, 1.82) is 0 Å². The van der Waals surface area contributed by atoms with E-state index in [1.54, 1.807) is 19.9 Å². The maximum absolute atomic E-state index is 12.7. The first-order chi connectivity index (χ1) is 26.2. The molecule has 0 saturated heterocycles. The molecule has 2 rings (SSSR count). The highest BCUT2D eigenvalue weighted by molar-refractivity contribution is 5.86. The largest absolute Gasteiger partial charge is 0.481 e. The lowest BCUT2D eigenvalue weighted by molar-refractivity contribution is -0.144. The lowest BCUT2D eigenvalue weighted by atomic mass is 9.96. The number of allylic oxidation sites excluding steroid dienone is 2. The average Bonchev–Trinajstić information content (AvgIpc) is 3.16. The summed E-state index contributed by atoms with van der Waals surface area (Å²) in [5.74, 6) is -3.10. The van der Waals surface area contributed by atoms with Crippen LogP contribution in [0.2, 0.25) is 0 Å². The molecule has 0 aliphatic rings. The SMILES string of the molecule is C.C=CC[C@H](CC(=O)N[C@@H](C)CCO)C(=O)N[C@@H](CC)[C@@H](O)c1ccccc1.C=CC[C@H](CC(=O)N[C@@H](C)CCO)C(=O)O.CCC(N)[C@@H](O)c1ccccc1. The zero-order valence-corrected chi connectivity index (χ0v) is 33.0. The molecule has 0 radical (unpaired) electrons. The van der Waals surface area contributed by atoms with Crippen molar-refractivity contribution >= 4 is 23.7 Å². The quantitative estimate of drug-likeness (QED) is 0.0704. The van der Waals surface area contributed by atoms with E-state index in [0.29, 0.717) is 25.7 Å². The minimum Gasteiger partial charge on any atom is -0.481 e. The summed E-state index contributed by atoms with van der Waals surface area (Å²) in [4.78, 5) is 47.1. The molecule has 13 nitrogen and oxygen atoms in total. The maximum atomic E-state index is 12.7. The van der Waals surface area contributed by atoms with Crippen LogP contribution in [-0.4, -0.2) is 86.6 Å². The number of carbonyl (C=O) groups is 4. The Kier molecular flexibility index (Phi) is 30.5. The van der Waals surface area contributed by atoms with Crippen molar-refractivity contribution in [1.82, 2.24) is 16.0 Å². The van der Waals surface area contributed by atoms with Crippen molar-refractivity contribution in [2.24, 2.45) is 17.6 Å². The van der Waals surface area contributed by atoms with Gasteiger partial charge in [-0.3, -0.25) is 19.2 Å². The smallest absolute Gasteiger partial charge is 0.307 e. The number of rotatable bonds is 23. The fourth-order valence-electron chi connectivity index (χ4n) is 5.31. The Bertz CT molecular complexity index is 1380. The van der Waals surface area contributed by atoms with Gasteiger partial charge in [-0.25, -0.2) is 0 Å². The third-order valence-corrected chi connectivity index (χ3v) is 8.73. The number of hydrogen-bond acceptors (Lipinski definition) is 9. The van der Waals surface area contributed by atoms with Crippen LogP contribution in [0.15, 0.2) is 86.0 Å². The van der Waals surface area contributed by atoms with Crippen LogP contribution in [0.25, 0.3) is 0 Å². The highest BCUT2D eigenvalue weighted by Gasteiger charge is 2.27. The summed E-state index contributed by atoms with van der Waals surface area (Å²) in [5, 5.41) is 54.9. The van der Waals surface area contributed by atoms with Gasteiger partial charge in [0.1, 0.15) is 0 Å². The predicted octanol–water partition coefficient (Wildman–Crippen LogP) is 4.72. The Hall–Kier alpha value is -4.40. The van der Waals surface area contributed by atoms with Crippen LogP contribution in [-0.2, 0) is 19.2 Å². The Balaban J connectivity index is 0. The minimum atomic E-state index is -0.995. The summed E-state index contributed by atoms with van der Waals surface area (Å²) < 4.78 is 0. The molecule has 8 atom stereocenters. The predicted molar refractivity (Wildman–Crippen MR) is 222 cm³/mol. The van der Waals surface area contributed by atoms with Crippen LogP contribution in [0.4, 0.5) is 0 Å². The number of nitrogens with two attached hydrogens (primary N) is 1. The number of nitrogens with one attached hydrogen (secondary N) is 3. The molecule has 1 unspecified atom stereocenters. The Morgan fingerprint density at radius 2 is 1.11 bits per heavy atom. The second-order valence-corrected chi connectivity index (χ2v) is 13.5. The van der Waals surface area contributed by atoms with Gasteiger partial charge in [0.25, 0.3) is 0 Å². The molecule has 56 heavy (non-hydrogen) atoms. The van der Waals surface area contributed by atoms with Gasteiger partial charge < -0.3 is 47.2 Å². The van der Waals surface area contributed by atoms with E-state index in [1.165, 1.54) is 6.08 Å². The number of carbonyl (C=O) groups excluding carboxylic acids is 3. The van der Waals surface area contributed by atoms with Crippen LogP contribution in [0.3, 0.4) is 0 Å². The Morgan fingerprint density at radius 1 is 0.696 bits per heavy atom. The topological polar surface area (TPSA) is 232 Å². The van der Waals surface area contributed by atoms with Crippen LogP contribution in [0.5, 0.6) is 0 Å². The molecule has 0 aliphatic carbocycles. The summed E-state index contributed by atoms with van der Waals surface area (Å²) >= 11 is 0. The van der Waals surface area contributed by atoms with Crippen LogP contribution in [0, 0.1) is 11.8 Å². The van der Waals surface area contributed by atoms with E-state index < -0.39 is 36.1 Å². The summed E-state index contributed by atoms with van der Waals surface area (Å²) in [6.07, 6.45) is 4.64. The fraction of sp³-hybridized carbons (Fsp3) is 0.535. The van der Waals surface area contributed by atoms with Crippen molar-refractivity contribution < 1.29 is 44.7 Å². The highest BCUT2D eigenvalue weighted by Crippen LogP contribution is 2.20. The van der Waals surface area contributed by atoms with Gasteiger partial charge in [0, 0.05) is 44.2 Å². The Labute approximate surface area is 334 Å². The standard InChI is InChI=1S/C21H32N2O4.C11H19NO4.C10H15NO.CH4/c1-4-9-17(14-19(25)22-15(3)12-13-24)21(27)23-18(5-2)20(26)16-10-7-6-8-11-16;1-3-4-9(11(15)16)7-10(14)12-8(2)5-6-13;1-2-9(11)10(12)8-6-4-3-5-7-8;/h4,6-8,10-11,15,17-18,20,24,26H,1,5,9,12-14H2,2-3H3,(H,22,25)(H,23,27);3,8-9,13H,1,4-7H2,2H3,(H,12,14)(H,15,16);3-7,9-10,12H,2,11H2,1H3;1H4/t15-,17+,18-,20-;8-,9+;9?,10-;/m000./s1. The average molecular weight is 787 g/mol. The molecule has 2 aromatic rings. The van der Waals surface area contributed by atoms with Crippen LogP contribution < -0.4 is 21.7 Å². The lowest BCUT2D eigenvalue weighted by Crippen LogP contribution is -2.43. The van der Waals surface area contributed by atoms with E-state index in [-0.39, 0.29) is 75.7 Å². The highest BCUT2D eigenvalue weighted by atomic mass is 16.4. The number of carboxylic acid groups (broad SMARTS) is 1. The zero-order chi connectivity index (χ0) is 41.8. The van der Waals surface area contributed by atoms with Gasteiger partial charge in [-0.1, -0.05) is 94.1 Å². The third kappa shape index (κ3) is 22.9. The number of aliphatic carboxylic acids is 1. The molecule has 0 aliphatic heterocycles. The number of amides is 3. The Morgan fingerprint density at radius 3 is 1.48 bits per heavy atom. The van der Waals surface area contributed by atoms with Crippen molar-refractivity contribution in [3.05, 3.63) is 97.1 Å². The first-order valence-corrected chi connectivity index (χ1v) is 19.0. The molecule has 0 heterocycles. The molecule has 0 saturated carbocycles. The van der Waals surface area contributed by atoms with Gasteiger partial charge in [-0.2, -0.15) is 0 Å². The molecule has 3 amide bonds. The van der Waals surface area contributed by atoms with E-state index >= 15 is 0 Å². The normalized spacial score (nSPS) is 14.7. The van der Waals surface area contributed by atoms with Crippen molar-refractivity contribution in [3.8, 4) is 0 Å². The molecule has 0 bridgehead atoms. The second kappa shape index (κ2) is 31.8. The van der Waals surface area contributed by atoms with Crippen LogP contribution >= 0.6 is 0 Å². The number of aliphatic hydroxyl groups is 4. The first-order valence-electron chi connectivity index (χ1n) is 19.0. The van der Waals surface area contributed by atoms with E-state index in [9.17, 15) is 29.4 Å². The molecule has 10 N–H and O–H groups in total. The summed E-state index contributed by atoms with van der Waals surface area (Å²) in [5.41, 5.74) is 7.33. The molecule has 0 aromatic heterocycles. The van der Waals surface area contributed by atoms with Crippen molar-refractivity contribution in [2.45, 2.75) is 123 Å². The van der Waals surface area contributed by atoms with Gasteiger partial charge in [0.15, 0.2) is 0 Å². The van der Waals surface area contributed by atoms with Crippen molar-refractivity contribution in [2.75, 3.05) is 13.2 Å². The molecular weight excluding hydrogens is 716 g/mol. The zero-order valence-electron chi connectivity index (χ0n) is 33.0. The lowest BCUT2D eigenvalue weighted by Gasteiger charge is -2.26. The monoisotopic (exact) mass is 787 g/mol. The van der Waals surface area contributed by atoms with Gasteiger partial charge in [-0.15, -0.1) is 13.2 Å². The molecule has 0 fully saturated rings. The number of benzene rings is 2. The van der Waals surface area contributed by atoms with Crippen molar-refractivity contribution in [3.63, 3.8) is 0 Å². The molecular formula is C43H70N4O9. The van der Waals surface area contributed by atoms with Gasteiger partial charge in [-0.05, 0) is 63.5 Å².